The number of methoxy groups -OCH3 is 1. The lowest BCUT2D eigenvalue weighted by molar-refractivity contribution is 0.0978. The molecule has 0 aliphatic carbocycles. The molecule has 0 saturated heterocycles. The van der Waals surface area contributed by atoms with Gasteiger partial charge in [-0.25, -0.2) is 4.39 Å². The molecule has 0 fully saturated rings. The predicted molar refractivity (Wildman–Crippen MR) is 100 cm³/mol. The smallest absolute Gasteiger partial charge is 0.258 e. The van der Waals surface area contributed by atoms with Gasteiger partial charge < -0.3 is 9.64 Å². The monoisotopic (exact) mass is 347 g/mol. The molecule has 1 aliphatic rings. The molecule has 0 saturated carbocycles. The van der Waals surface area contributed by atoms with Crippen molar-refractivity contribution in [2.45, 2.75) is 13.0 Å². The first kappa shape index (κ1) is 16.3. The van der Waals surface area contributed by atoms with Crippen molar-refractivity contribution < 1.29 is 13.9 Å². The van der Waals surface area contributed by atoms with Gasteiger partial charge in [-0.2, -0.15) is 0 Å². The molecule has 4 rings (SSSR count). The summed E-state index contributed by atoms with van der Waals surface area (Å²) in [6, 6.07) is 19.3. The summed E-state index contributed by atoms with van der Waals surface area (Å²) in [5.41, 5.74) is 4.08. The highest BCUT2D eigenvalue weighted by atomic mass is 19.1. The van der Waals surface area contributed by atoms with Gasteiger partial charge in [-0.3, -0.25) is 4.79 Å². The highest BCUT2D eigenvalue weighted by molar-refractivity contribution is 6.10. The Kier molecular flexibility index (Phi) is 3.96. The fraction of sp³-hybridized carbons (Fsp3) is 0.136. The largest absolute Gasteiger partial charge is 0.497 e. The van der Waals surface area contributed by atoms with Crippen LogP contribution in [0.1, 0.15) is 28.9 Å². The van der Waals surface area contributed by atoms with Crippen molar-refractivity contribution in [3.05, 3.63) is 83.7 Å². The molecule has 3 aromatic carbocycles. The van der Waals surface area contributed by atoms with E-state index in [0.29, 0.717) is 17.0 Å². The zero-order chi connectivity index (χ0) is 18.3. The number of carbonyl (C=O) groups excluding carboxylic acids is 1. The molecular weight excluding hydrogens is 329 g/mol. The normalized spacial score (nSPS) is 15.2. The van der Waals surface area contributed by atoms with E-state index in [4.69, 9.17) is 4.74 Å². The summed E-state index contributed by atoms with van der Waals surface area (Å²) in [6.07, 6.45) is 0. The third-order valence-corrected chi connectivity index (χ3v) is 4.86. The summed E-state index contributed by atoms with van der Waals surface area (Å²) < 4.78 is 19.1. The Morgan fingerprint density at radius 2 is 1.73 bits per heavy atom. The summed E-state index contributed by atoms with van der Waals surface area (Å²) in [5, 5.41) is 0. The number of hydrogen-bond donors (Lipinski definition) is 0. The minimum Gasteiger partial charge on any atom is -0.497 e. The van der Waals surface area contributed by atoms with E-state index < -0.39 is 0 Å². The number of rotatable bonds is 2. The van der Waals surface area contributed by atoms with Crippen molar-refractivity contribution in [1.82, 2.24) is 0 Å². The minimum absolute atomic E-state index is 0.165. The quantitative estimate of drug-likeness (QED) is 0.636. The van der Waals surface area contributed by atoms with E-state index in [1.54, 1.807) is 42.3 Å². The van der Waals surface area contributed by atoms with Crippen LogP contribution in [0.2, 0.25) is 0 Å². The zero-order valence-corrected chi connectivity index (χ0v) is 14.6. The minimum atomic E-state index is -0.358. The Morgan fingerprint density at radius 3 is 2.46 bits per heavy atom. The van der Waals surface area contributed by atoms with Gasteiger partial charge >= 0.3 is 0 Å². The number of benzene rings is 3. The van der Waals surface area contributed by atoms with Gasteiger partial charge in [-0.1, -0.05) is 24.3 Å². The van der Waals surface area contributed by atoms with E-state index in [1.807, 2.05) is 31.2 Å². The molecule has 0 aromatic heterocycles. The van der Waals surface area contributed by atoms with Crippen LogP contribution in [0.4, 0.5) is 10.1 Å². The fourth-order valence-electron chi connectivity index (χ4n) is 3.54. The van der Waals surface area contributed by atoms with E-state index in [0.717, 1.165) is 16.7 Å². The van der Waals surface area contributed by atoms with Crippen LogP contribution in [0.25, 0.3) is 11.1 Å². The summed E-state index contributed by atoms with van der Waals surface area (Å²) >= 11 is 0. The molecule has 0 radical (unpaired) electrons. The lowest BCUT2D eigenvalue weighted by Gasteiger charge is -2.37. The Bertz CT molecular complexity index is 982. The molecular formula is C22H18FNO2. The predicted octanol–water partition coefficient (Wildman–Crippen LogP) is 5.22. The molecule has 26 heavy (non-hydrogen) atoms. The third-order valence-electron chi connectivity index (χ3n) is 4.86. The molecule has 1 heterocycles. The number of halogens is 1. The van der Waals surface area contributed by atoms with Gasteiger partial charge in [0.05, 0.1) is 18.8 Å². The standard InChI is InChI=1S/C22H18FNO2/c1-14-18-5-3-4-6-19(18)20-12-9-16(23)13-21(20)24(14)22(25)15-7-10-17(26-2)11-8-15/h3-14H,1-2H3. The van der Waals surface area contributed by atoms with Crippen molar-refractivity contribution in [2.24, 2.45) is 0 Å². The Balaban J connectivity index is 1.85. The summed E-state index contributed by atoms with van der Waals surface area (Å²) in [5.74, 6) is 0.161. The van der Waals surface area contributed by atoms with Gasteiger partial charge in [0.1, 0.15) is 11.6 Å². The SMILES string of the molecule is COc1ccc(C(=O)N2c3cc(F)ccc3-c3ccccc3C2C)cc1. The molecule has 0 N–H and O–H groups in total. The molecule has 4 heteroatoms. The van der Waals surface area contributed by atoms with Crippen molar-refractivity contribution in [2.75, 3.05) is 12.0 Å². The molecule has 130 valence electrons. The van der Waals surface area contributed by atoms with Crippen LogP contribution in [-0.4, -0.2) is 13.0 Å². The number of anilines is 1. The molecule has 1 unspecified atom stereocenters. The maximum absolute atomic E-state index is 14.0. The van der Waals surface area contributed by atoms with Crippen LogP contribution >= 0.6 is 0 Å². The Labute approximate surface area is 151 Å². The first-order valence-electron chi connectivity index (χ1n) is 8.46. The van der Waals surface area contributed by atoms with E-state index in [9.17, 15) is 9.18 Å². The molecule has 0 spiro atoms. The number of hydrogen-bond acceptors (Lipinski definition) is 2. The molecule has 3 aromatic rings. The van der Waals surface area contributed by atoms with Crippen molar-refractivity contribution >= 4 is 11.6 Å². The van der Waals surface area contributed by atoms with Crippen LogP contribution in [0.15, 0.2) is 66.7 Å². The lowest BCUT2D eigenvalue weighted by atomic mass is 9.88. The molecule has 0 bridgehead atoms. The first-order chi connectivity index (χ1) is 12.6. The van der Waals surface area contributed by atoms with Crippen molar-refractivity contribution in [3.8, 4) is 16.9 Å². The van der Waals surface area contributed by atoms with E-state index in [-0.39, 0.29) is 17.8 Å². The van der Waals surface area contributed by atoms with Crippen LogP contribution in [0.3, 0.4) is 0 Å². The molecule has 1 aliphatic heterocycles. The first-order valence-corrected chi connectivity index (χ1v) is 8.46. The van der Waals surface area contributed by atoms with E-state index >= 15 is 0 Å². The molecule has 1 amide bonds. The Hall–Kier alpha value is -3.14. The second-order valence-corrected chi connectivity index (χ2v) is 6.33. The van der Waals surface area contributed by atoms with Gasteiger partial charge in [-0.15, -0.1) is 0 Å². The number of fused-ring (bicyclic) bond motifs is 3. The fourth-order valence-corrected chi connectivity index (χ4v) is 3.54. The van der Waals surface area contributed by atoms with Gasteiger partial charge in [-0.05, 0) is 60.5 Å². The van der Waals surface area contributed by atoms with Gasteiger partial charge in [0.15, 0.2) is 0 Å². The topological polar surface area (TPSA) is 29.5 Å². The second-order valence-electron chi connectivity index (χ2n) is 6.33. The Morgan fingerprint density at radius 1 is 1.00 bits per heavy atom. The zero-order valence-electron chi connectivity index (χ0n) is 14.6. The summed E-state index contributed by atoms with van der Waals surface area (Å²) in [7, 11) is 1.58. The molecule has 1 atom stereocenters. The van der Waals surface area contributed by atoms with Crippen LogP contribution in [0, 0.1) is 5.82 Å². The van der Waals surface area contributed by atoms with Gasteiger partial charge in [0, 0.05) is 11.1 Å². The third kappa shape index (κ3) is 2.54. The van der Waals surface area contributed by atoms with E-state index in [2.05, 4.69) is 0 Å². The van der Waals surface area contributed by atoms with Crippen molar-refractivity contribution in [1.29, 1.82) is 0 Å². The lowest BCUT2D eigenvalue weighted by Crippen LogP contribution is -2.36. The number of amides is 1. The molecule has 3 nitrogen and oxygen atoms in total. The second kappa shape index (κ2) is 6.30. The van der Waals surface area contributed by atoms with E-state index in [1.165, 1.54) is 12.1 Å². The maximum Gasteiger partial charge on any atom is 0.258 e. The van der Waals surface area contributed by atoms with Crippen molar-refractivity contribution in [3.63, 3.8) is 0 Å². The summed E-state index contributed by atoms with van der Waals surface area (Å²) in [4.78, 5) is 14.9. The number of nitrogens with zero attached hydrogens (tertiary/aromatic N) is 1. The number of ether oxygens (including phenoxy) is 1. The van der Waals surface area contributed by atoms with Gasteiger partial charge in [0.2, 0.25) is 0 Å². The van der Waals surface area contributed by atoms with Crippen LogP contribution in [-0.2, 0) is 0 Å². The number of carbonyl (C=O) groups is 1. The van der Waals surface area contributed by atoms with Gasteiger partial charge in [0.25, 0.3) is 5.91 Å². The maximum atomic E-state index is 14.0. The van der Waals surface area contributed by atoms with Crippen LogP contribution < -0.4 is 9.64 Å². The average Bonchev–Trinajstić information content (AvgIpc) is 2.68. The van der Waals surface area contributed by atoms with Crippen LogP contribution in [0.5, 0.6) is 5.75 Å². The highest BCUT2D eigenvalue weighted by Crippen LogP contribution is 2.45. The highest BCUT2D eigenvalue weighted by Gasteiger charge is 2.32. The average molecular weight is 347 g/mol. The summed E-state index contributed by atoms with van der Waals surface area (Å²) in [6.45, 7) is 1.97.